The smallest absolute Gasteiger partial charge is 0.119 e. The maximum absolute atomic E-state index is 10.0. The standard InChI is InChI=1S/C14H21NO2/c15-11-14(16)8-6-12(7-9-14)10-17-13-4-2-1-3-5-13/h1-5,12,16H,6-11,15H2. The molecule has 0 bridgehead atoms. The van der Waals surface area contributed by atoms with Gasteiger partial charge in [-0.25, -0.2) is 0 Å². The molecule has 1 saturated carbocycles. The molecule has 2 rings (SSSR count). The van der Waals surface area contributed by atoms with Crippen LogP contribution >= 0.6 is 0 Å². The molecule has 94 valence electrons. The summed E-state index contributed by atoms with van der Waals surface area (Å²) in [6.07, 6.45) is 3.60. The lowest BCUT2D eigenvalue weighted by Crippen LogP contribution is -2.41. The molecule has 1 aromatic rings. The second kappa shape index (κ2) is 5.52. The molecule has 1 aromatic carbocycles. The van der Waals surface area contributed by atoms with Crippen molar-refractivity contribution in [1.29, 1.82) is 0 Å². The van der Waals surface area contributed by atoms with Gasteiger partial charge in [-0.05, 0) is 43.7 Å². The van der Waals surface area contributed by atoms with Gasteiger partial charge in [0.1, 0.15) is 5.75 Å². The van der Waals surface area contributed by atoms with Crippen LogP contribution in [-0.4, -0.2) is 23.9 Å². The largest absolute Gasteiger partial charge is 0.493 e. The molecule has 0 aromatic heterocycles. The van der Waals surface area contributed by atoms with Crippen LogP contribution in [-0.2, 0) is 0 Å². The first kappa shape index (κ1) is 12.4. The van der Waals surface area contributed by atoms with Crippen molar-refractivity contribution in [2.75, 3.05) is 13.2 Å². The zero-order chi connectivity index (χ0) is 12.1. The summed E-state index contributed by atoms with van der Waals surface area (Å²) in [5.41, 5.74) is 4.94. The number of rotatable bonds is 4. The molecule has 0 unspecified atom stereocenters. The van der Waals surface area contributed by atoms with Gasteiger partial charge >= 0.3 is 0 Å². The van der Waals surface area contributed by atoms with E-state index in [2.05, 4.69) is 0 Å². The molecule has 0 heterocycles. The maximum atomic E-state index is 10.0. The van der Waals surface area contributed by atoms with Gasteiger partial charge in [0.25, 0.3) is 0 Å². The summed E-state index contributed by atoms with van der Waals surface area (Å²) >= 11 is 0. The summed E-state index contributed by atoms with van der Waals surface area (Å²) in [6, 6.07) is 9.87. The van der Waals surface area contributed by atoms with Crippen molar-refractivity contribution in [1.82, 2.24) is 0 Å². The summed E-state index contributed by atoms with van der Waals surface area (Å²) < 4.78 is 5.73. The van der Waals surface area contributed by atoms with Gasteiger partial charge in [-0.3, -0.25) is 0 Å². The van der Waals surface area contributed by atoms with E-state index in [0.29, 0.717) is 12.5 Å². The summed E-state index contributed by atoms with van der Waals surface area (Å²) in [6.45, 7) is 1.12. The normalized spacial score (nSPS) is 28.9. The van der Waals surface area contributed by atoms with Crippen LogP contribution in [0.3, 0.4) is 0 Å². The average molecular weight is 235 g/mol. The lowest BCUT2D eigenvalue weighted by Gasteiger charge is -2.34. The molecule has 17 heavy (non-hydrogen) atoms. The Labute approximate surface area is 103 Å². The Morgan fingerprint density at radius 3 is 2.47 bits per heavy atom. The third kappa shape index (κ3) is 3.45. The Morgan fingerprint density at radius 2 is 1.88 bits per heavy atom. The molecule has 1 aliphatic rings. The van der Waals surface area contributed by atoms with Crippen LogP contribution < -0.4 is 10.5 Å². The van der Waals surface area contributed by atoms with Crippen molar-refractivity contribution < 1.29 is 9.84 Å². The van der Waals surface area contributed by atoms with Gasteiger partial charge in [0.2, 0.25) is 0 Å². The first-order valence-electron chi connectivity index (χ1n) is 6.32. The van der Waals surface area contributed by atoms with Crippen LogP contribution in [0.25, 0.3) is 0 Å². The molecule has 0 atom stereocenters. The van der Waals surface area contributed by atoms with Crippen molar-refractivity contribution in [3.8, 4) is 5.75 Å². The number of para-hydroxylation sites is 1. The Bertz CT molecular complexity index is 331. The highest BCUT2D eigenvalue weighted by Crippen LogP contribution is 2.31. The first-order valence-corrected chi connectivity index (χ1v) is 6.32. The van der Waals surface area contributed by atoms with Crippen molar-refractivity contribution in [2.24, 2.45) is 11.7 Å². The van der Waals surface area contributed by atoms with Crippen LogP contribution in [0.5, 0.6) is 5.75 Å². The SMILES string of the molecule is NCC1(O)CCC(COc2ccccc2)CC1. The Balaban J connectivity index is 1.75. The molecule has 1 fully saturated rings. The monoisotopic (exact) mass is 235 g/mol. The molecule has 0 aliphatic heterocycles. The summed E-state index contributed by atoms with van der Waals surface area (Å²) in [5.74, 6) is 1.47. The molecule has 3 nitrogen and oxygen atoms in total. The van der Waals surface area contributed by atoms with E-state index in [-0.39, 0.29) is 0 Å². The first-order chi connectivity index (χ1) is 8.22. The van der Waals surface area contributed by atoms with Crippen molar-refractivity contribution >= 4 is 0 Å². The van der Waals surface area contributed by atoms with Crippen LogP contribution in [0.2, 0.25) is 0 Å². The summed E-state index contributed by atoms with van der Waals surface area (Å²) in [7, 11) is 0. The lowest BCUT2D eigenvalue weighted by atomic mass is 9.79. The quantitative estimate of drug-likeness (QED) is 0.838. The number of ether oxygens (including phenoxy) is 1. The van der Waals surface area contributed by atoms with Gasteiger partial charge in [-0.15, -0.1) is 0 Å². The highest BCUT2D eigenvalue weighted by Gasteiger charge is 2.31. The molecule has 0 amide bonds. The molecule has 0 radical (unpaired) electrons. The van der Waals surface area contributed by atoms with Crippen LogP contribution in [0.1, 0.15) is 25.7 Å². The van der Waals surface area contributed by atoms with E-state index >= 15 is 0 Å². The summed E-state index contributed by atoms with van der Waals surface area (Å²) in [5, 5.41) is 10.0. The van der Waals surface area contributed by atoms with Gasteiger partial charge in [0.15, 0.2) is 0 Å². The highest BCUT2D eigenvalue weighted by molar-refractivity contribution is 5.20. The Hall–Kier alpha value is -1.06. The van der Waals surface area contributed by atoms with Crippen molar-refractivity contribution in [2.45, 2.75) is 31.3 Å². The van der Waals surface area contributed by atoms with Gasteiger partial charge < -0.3 is 15.6 Å². The fourth-order valence-electron chi connectivity index (χ4n) is 2.32. The molecule has 0 spiro atoms. The number of nitrogens with two attached hydrogens (primary N) is 1. The molecular formula is C14H21NO2. The fraction of sp³-hybridized carbons (Fsp3) is 0.571. The minimum atomic E-state index is -0.622. The molecule has 0 saturated heterocycles. The topological polar surface area (TPSA) is 55.5 Å². The van der Waals surface area contributed by atoms with E-state index in [1.54, 1.807) is 0 Å². The van der Waals surface area contributed by atoms with E-state index in [0.717, 1.165) is 38.0 Å². The average Bonchev–Trinajstić information content (AvgIpc) is 2.39. The van der Waals surface area contributed by atoms with Crippen LogP contribution in [0.15, 0.2) is 30.3 Å². The van der Waals surface area contributed by atoms with E-state index in [4.69, 9.17) is 10.5 Å². The van der Waals surface area contributed by atoms with Gasteiger partial charge in [-0.1, -0.05) is 18.2 Å². The highest BCUT2D eigenvalue weighted by atomic mass is 16.5. The minimum absolute atomic E-state index is 0.374. The van der Waals surface area contributed by atoms with Gasteiger partial charge in [-0.2, -0.15) is 0 Å². The summed E-state index contributed by atoms with van der Waals surface area (Å²) in [4.78, 5) is 0. The second-order valence-corrected chi connectivity index (χ2v) is 5.00. The van der Waals surface area contributed by atoms with Crippen molar-refractivity contribution in [3.63, 3.8) is 0 Å². The van der Waals surface area contributed by atoms with Crippen LogP contribution in [0.4, 0.5) is 0 Å². The van der Waals surface area contributed by atoms with E-state index in [1.807, 2.05) is 30.3 Å². The Kier molecular flexibility index (Phi) is 4.02. The number of hydrogen-bond acceptors (Lipinski definition) is 3. The zero-order valence-electron chi connectivity index (χ0n) is 10.1. The maximum Gasteiger partial charge on any atom is 0.119 e. The predicted molar refractivity (Wildman–Crippen MR) is 67.9 cm³/mol. The fourth-order valence-corrected chi connectivity index (χ4v) is 2.32. The molecular weight excluding hydrogens is 214 g/mol. The van der Waals surface area contributed by atoms with Gasteiger partial charge in [0.05, 0.1) is 12.2 Å². The lowest BCUT2D eigenvalue weighted by molar-refractivity contribution is -0.00694. The predicted octanol–water partition coefficient (Wildman–Crippen LogP) is 1.95. The van der Waals surface area contributed by atoms with Crippen LogP contribution in [0, 0.1) is 5.92 Å². The van der Waals surface area contributed by atoms with Crippen molar-refractivity contribution in [3.05, 3.63) is 30.3 Å². The minimum Gasteiger partial charge on any atom is -0.493 e. The molecule has 1 aliphatic carbocycles. The third-order valence-corrected chi connectivity index (χ3v) is 3.64. The van der Waals surface area contributed by atoms with E-state index in [1.165, 1.54) is 0 Å². The number of benzene rings is 1. The van der Waals surface area contributed by atoms with E-state index in [9.17, 15) is 5.11 Å². The molecule has 3 heteroatoms. The number of hydrogen-bond donors (Lipinski definition) is 2. The third-order valence-electron chi connectivity index (χ3n) is 3.64. The number of aliphatic hydroxyl groups is 1. The van der Waals surface area contributed by atoms with E-state index < -0.39 is 5.60 Å². The molecule has 3 N–H and O–H groups in total. The second-order valence-electron chi connectivity index (χ2n) is 5.00. The Morgan fingerprint density at radius 1 is 1.24 bits per heavy atom. The zero-order valence-corrected chi connectivity index (χ0v) is 10.1. The van der Waals surface area contributed by atoms with Gasteiger partial charge in [0, 0.05) is 6.54 Å².